The van der Waals surface area contributed by atoms with Crippen LogP contribution in [0, 0.1) is 10.1 Å². The first-order valence-electron chi connectivity index (χ1n) is 7.69. The van der Waals surface area contributed by atoms with Gasteiger partial charge in [-0.2, -0.15) is 0 Å². The highest BCUT2D eigenvalue weighted by molar-refractivity contribution is 7.80. The van der Waals surface area contributed by atoms with Gasteiger partial charge in [-0.25, -0.2) is 0 Å². The van der Waals surface area contributed by atoms with E-state index in [0.29, 0.717) is 27.0 Å². The van der Waals surface area contributed by atoms with Crippen molar-refractivity contribution >= 4 is 46.1 Å². The molecule has 8 heteroatoms. The summed E-state index contributed by atoms with van der Waals surface area (Å²) < 4.78 is 0. The zero-order chi connectivity index (χ0) is 18.8. The van der Waals surface area contributed by atoms with Crippen LogP contribution >= 0.6 is 23.8 Å². The quantitative estimate of drug-likeness (QED) is 0.472. The number of nitro benzene ring substituents is 1. The Hall–Kier alpha value is -2.77. The van der Waals surface area contributed by atoms with Crippen LogP contribution in [0.2, 0.25) is 5.02 Å². The van der Waals surface area contributed by atoms with Gasteiger partial charge in [0.15, 0.2) is 10.9 Å². The van der Waals surface area contributed by atoms with Gasteiger partial charge in [0.25, 0.3) is 5.69 Å². The van der Waals surface area contributed by atoms with Gasteiger partial charge in [-0.05, 0) is 54.5 Å². The van der Waals surface area contributed by atoms with Crippen molar-refractivity contribution in [2.75, 3.05) is 0 Å². The van der Waals surface area contributed by atoms with Gasteiger partial charge in [0.1, 0.15) is 0 Å². The predicted molar refractivity (Wildman–Crippen MR) is 104 cm³/mol. The normalized spacial score (nSPS) is 16.7. The third-order valence-corrected chi connectivity index (χ3v) is 4.49. The molecule has 3 rings (SSSR count). The molecule has 6 nitrogen and oxygen atoms in total. The Morgan fingerprint density at radius 1 is 1.15 bits per heavy atom. The van der Waals surface area contributed by atoms with E-state index in [1.54, 1.807) is 36.4 Å². The number of carbonyl (C=O) groups is 1. The van der Waals surface area contributed by atoms with Crippen molar-refractivity contribution < 1.29 is 9.72 Å². The number of hydrogen-bond acceptors (Lipinski definition) is 4. The van der Waals surface area contributed by atoms with Crippen LogP contribution in [0.15, 0.2) is 54.1 Å². The molecule has 0 fully saturated rings. The van der Waals surface area contributed by atoms with Crippen LogP contribution < -0.4 is 10.6 Å². The molecule has 1 heterocycles. The van der Waals surface area contributed by atoms with Gasteiger partial charge in [0.2, 0.25) is 0 Å². The molecule has 0 radical (unpaired) electrons. The number of carbonyl (C=O) groups excluding carboxylic acids is 1. The monoisotopic (exact) mass is 387 g/mol. The summed E-state index contributed by atoms with van der Waals surface area (Å²) in [5.74, 6) is -0.138. The number of nitrogens with one attached hydrogen (secondary N) is 2. The van der Waals surface area contributed by atoms with Gasteiger partial charge in [0, 0.05) is 22.7 Å². The molecule has 0 aromatic heterocycles. The number of ketones is 1. The Bertz CT molecular complexity index is 924. The van der Waals surface area contributed by atoms with Gasteiger partial charge >= 0.3 is 0 Å². The molecule has 2 N–H and O–H groups in total. The van der Waals surface area contributed by atoms with Crippen molar-refractivity contribution in [3.8, 4) is 0 Å². The molecule has 132 valence electrons. The summed E-state index contributed by atoms with van der Waals surface area (Å²) in [4.78, 5) is 22.8. The van der Waals surface area contributed by atoms with E-state index in [1.165, 1.54) is 19.1 Å². The molecular formula is C18H14ClN3O3S. The molecule has 0 amide bonds. The number of non-ortho nitro benzene ring substituents is 1. The summed E-state index contributed by atoms with van der Waals surface area (Å²) in [6.07, 6.45) is 0. The first kappa shape index (κ1) is 18.0. The summed E-state index contributed by atoms with van der Waals surface area (Å²) in [6.45, 7) is 1.47. The molecule has 1 atom stereocenters. The smallest absolute Gasteiger partial charge is 0.269 e. The fourth-order valence-electron chi connectivity index (χ4n) is 2.83. The van der Waals surface area contributed by atoms with Gasteiger partial charge in [-0.1, -0.05) is 23.7 Å². The second-order valence-corrected chi connectivity index (χ2v) is 6.58. The van der Waals surface area contributed by atoms with Crippen molar-refractivity contribution in [3.05, 3.63) is 80.4 Å². The maximum atomic E-state index is 12.4. The number of nitrogens with zero attached hydrogens (tertiary/aromatic N) is 1. The Kier molecular flexibility index (Phi) is 5.01. The lowest BCUT2D eigenvalue weighted by Crippen LogP contribution is -2.44. The van der Waals surface area contributed by atoms with Crippen molar-refractivity contribution in [3.63, 3.8) is 0 Å². The van der Waals surface area contributed by atoms with E-state index in [4.69, 9.17) is 23.8 Å². The SMILES string of the molecule is CC(=O)C1=C(c2ccc(Cl)cc2)NC(=S)N[C@@H]1c1ccc([N+](=O)[O-])cc1. The first-order valence-corrected chi connectivity index (χ1v) is 8.48. The topological polar surface area (TPSA) is 84.3 Å². The van der Waals surface area contributed by atoms with Crippen LogP contribution in [0.5, 0.6) is 0 Å². The second-order valence-electron chi connectivity index (χ2n) is 5.73. The van der Waals surface area contributed by atoms with Gasteiger partial charge in [-0.15, -0.1) is 0 Å². The molecule has 0 saturated heterocycles. The van der Waals surface area contributed by atoms with Crippen LogP contribution in [0.4, 0.5) is 5.69 Å². The zero-order valence-electron chi connectivity index (χ0n) is 13.7. The number of benzene rings is 2. The maximum absolute atomic E-state index is 12.4. The summed E-state index contributed by atoms with van der Waals surface area (Å²) in [6, 6.07) is 12.6. The highest BCUT2D eigenvalue weighted by Crippen LogP contribution is 2.32. The van der Waals surface area contributed by atoms with E-state index in [9.17, 15) is 14.9 Å². The Morgan fingerprint density at radius 3 is 2.31 bits per heavy atom. The van der Waals surface area contributed by atoms with Crippen molar-refractivity contribution in [1.29, 1.82) is 0 Å². The molecule has 0 unspecified atom stereocenters. The van der Waals surface area contributed by atoms with Gasteiger partial charge < -0.3 is 10.6 Å². The molecule has 0 bridgehead atoms. The Balaban J connectivity index is 2.12. The van der Waals surface area contributed by atoms with E-state index < -0.39 is 11.0 Å². The molecule has 2 aromatic rings. The molecule has 1 aliphatic heterocycles. The lowest BCUT2D eigenvalue weighted by atomic mass is 9.90. The van der Waals surface area contributed by atoms with Crippen LogP contribution in [-0.4, -0.2) is 15.8 Å². The average molecular weight is 388 g/mol. The standard InChI is InChI=1S/C18H14ClN3O3S/c1-10(23)15-16(11-2-6-13(19)7-3-11)20-18(26)21-17(15)12-4-8-14(9-5-12)22(24)25/h2-9,17H,1H3,(H2,20,21,26)/t17-/m1/s1. The zero-order valence-corrected chi connectivity index (χ0v) is 15.2. The predicted octanol–water partition coefficient (Wildman–Crippen LogP) is 3.77. The lowest BCUT2D eigenvalue weighted by Gasteiger charge is -2.31. The maximum Gasteiger partial charge on any atom is 0.269 e. The summed E-state index contributed by atoms with van der Waals surface area (Å²) in [7, 11) is 0. The number of nitro groups is 1. The highest BCUT2D eigenvalue weighted by Gasteiger charge is 2.30. The molecule has 0 saturated carbocycles. The number of halogens is 1. The third-order valence-electron chi connectivity index (χ3n) is 4.02. The first-order chi connectivity index (χ1) is 12.4. The minimum absolute atomic E-state index is 0.0171. The number of Topliss-reactive ketones (excluding diaryl/α,β-unsaturated/α-hetero) is 1. The molecule has 2 aromatic carbocycles. The Labute approximate surface area is 160 Å². The van der Waals surface area contributed by atoms with Crippen molar-refractivity contribution in [1.82, 2.24) is 10.6 Å². The van der Waals surface area contributed by atoms with E-state index in [2.05, 4.69) is 10.6 Å². The minimum Gasteiger partial charge on any atom is -0.351 e. The largest absolute Gasteiger partial charge is 0.351 e. The summed E-state index contributed by atoms with van der Waals surface area (Å²) >= 11 is 11.2. The van der Waals surface area contributed by atoms with Crippen molar-refractivity contribution in [2.45, 2.75) is 13.0 Å². The van der Waals surface area contributed by atoms with E-state index in [0.717, 1.165) is 5.56 Å². The average Bonchev–Trinajstić information content (AvgIpc) is 2.61. The van der Waals surface area contributed by atoms with Crippen LogP contribution in [0.1, 0.15) is 24.1 Å². The fraction of sp³-hybridized carbons (Fsp3) is 0.111. The van der Waals surface area contributed by atoms with Crippen LogP contribution in [0.25, 0.3) is 5.70 Å². The molecule has 26 heavy (non-hydrogen) atoms. The van der Waals surface area contributed by atoms with E-state index in [1.807, 2.05) is 0 Å². The van der Waals surface area contributed by atoms with Crippen molar-refractivity contribution in [2.24, 2.45) is 0 Å². The Morgan fingerprint density at radius 2 is 1.77 bits per heavy atom. The third kappa shape index (κ3) is 3.58. The fourth-order valence-corrected chi connectivity index (χ4v) is 3.17. The number of rotatable bonds is 4. The summed E-state index contributed by atoms with van der Waals surface area (Å²) in [5, 5.41) is 17.9. The number of hydrogen-bond donors (Lipinski definition) is 2. The van der Waals surface area contributed by atoms with Crippen LogP contribution in [-0.2, 0) is 4.79 Å². The minimum atomic E-state index is -0.507. The lowest BCUT2D eigenvalue weighted by molar-refractivity contribution is -0.384. The molecule has 0 spiro atoms. The molecule has 0 aliphatic carbocycles. The molecular weight excluding hydrogens is 374 g/mol. The van der Waals surface area contributed by atoms with Gasteiger partial charge in [0.05, 0.1) is 16.7 Å². The van der Waals surface area contributed by atoms with E-state index >= 15 is 0 Å². The number of thiocarbonyl (C=S) groups is 1. The van der Waals surface area contributed by atoms with Crippen LogP contribution in [0.3, 0.4) is 0 Å². The van der Waals surface area contributed by atoms with Gasteiger partial charge in [-0.3, -0.25) is 14.9 Å². The second kappa shape index (κ2) is 7.23. The highest BCUT2D eigenvalue weighted by atomic mass is 35.5. The summed E-state index contributed by atoms with van der Waals surface area (Å²) in [5.41, 5.74) is 2.55. The van der Waals surface area contributed by atoms with E-state index in [-0.39, 0.29) is 11.5 Å². The molecule has 1 aliphatic rings.